The summed E-state index contributed by atoms with van der Waals surface area (Å²) in [6.07, 6.45) is -3.48. The van der Waals surface area contributed by atoms with Gasteiger partial charge in [0.2, 0.25) is 15.9 Å². The lowest BCUT2D eigenvalue weighted by Gasteiger charge is -2.23. The Morgan fingerprint density at radius 3 is 2.32 bits per heavy atom. The summed E-state index contributed by atoms with van der Waals surface area (Å²) in [5.74, 6) is -0.304. The molecule has 0 heterocycles. The number of rotatable bonds is 7. The molecule has 2 aromatic rings. The van der Waals surface area contributed by atoms with E-state index in [4.69, 9.17) is 0 Å². The smallest absolute Gasteiger partial charge is 0.326 e. The second kappa shape index (κ2) is 8.64. The van der Waals surface area contributed by atoms with Crippen LogP contribution in [0.25, 0.3) is 0 Å². The van der Waals surface area contributed by atoms with Gasteiger partial charge in [-0.05, 0) is 43.7 Å². The van der Waals surface area contributed by atoms with E-state index in [2.05, 4.69) is 5.32 Å². The number of carbonyl (C=O) groups is 1. The lowest BCUT2D eigenvalue weighted by atomic mass is 10.2. The zero-order valence-electron chi connectivity index (χ0n) is 15.5. The molecule has 152 valence electrons. The van der Waals surface area contributed by atoms with Gasteiger partial charge < -0.3 is 5.32 Å². The van der Waals surface area contributed by atoms with Gasteiger partial charge in [0.05, 0.1) is 17.5 Å². The van der Waals surface area contributed by atoms with E-state index < -0.39 is 21.8 Å². The molecule has 9 heteroatoms. The SMILES string of the molecule is Cc1ccc(NC(=O)CCCN(c2cccc(C(F)(F)F)c2)S(C)(=O)=O)cc1. The molecule has 0 unspecified atom stereocenters. The van der Waals surface area contributed by atoms with E-state index in [0.29, 0.717) is 5.69 Å². The van der Waals surface area contributed by atoms with Crippen LogP contribution in [-0.2, 0) is 21.0 Å². The molecule has 0 fully saturated rings. The molecule has 0 aliphatic carbocycles. The Hall–Kier alpha value is -2.55. The maximum absolute atomic E-state index is 12.9. The van der Waals surface area contributed by atoms with E-state index in [0.717, 1.165) is 34.3 Å². The van der Waals surface area contributed by atoms with Crippen LogP contribution < -0.4 is 9.62 Å². The number of nitrogens with zero attached hydrogens (tertiary/aromatic N) is 1. The molecule has 2 rings (SSSR count). The lowest BCUT2D eigenvalue weighted by molar-refractivity contribution is -0.137. The van der Waals surface area contributed by atoms with Gasteiger partial charge >= 0.3 is 6.18 Å². The molecule has 1 amide bonds. The van der Waals surface area contributed by atoms with E-state index >= 15 is 0 Å². The first-order valence-corrected chi connectivity index (χ1v) is 10.3. The second-order valence-corrected chi connectivity index (χ2v) is 8.31. The minimum absolute atomic E-state index is 0.0266. The summed E-state index contributed by atoms with van der Waals surface area (Å²) in [6.45, 7) is 1.81. The van der Waals surface area contributed by atoms with E-state index in [1.165, 1.54) is 6.07 Å². The summed E-state index contributed by atoms with van der Waals surface area (Å²) in [4.78, 5) is 12.0. The van der Waals surface area contributed by atoms with Crippen LogP contribution in [0, 0.1) is 6.92 Å². The van der Waals surface area contributed by atoms with E-state index in [1.807, 2.05) is 19.1 Å². The molecule has 0 radical (unpaired) electrons. The molecule has 0 saturated carbocycles. The largest absolute Gasteiger partial charge is 0.416 e. The third-order valence-electron chi connectivity index (χ3n) is 3.96. The summed E-state index contributed by atoms with van der Waals surface area (Å²) in [5.41, 5.74) is 0.642. The molecular formula is C19H21F3N2O3S. The molecule has 0 bridgehead atoms. The van der Waals surface area contributed by atoms with E-state index in [9.17, 15) is 26.4 Å². The first-order valence-electron chi connectivity index (χ1n) is 8.48. The molecular weight excluding hydrogens is 393 g/mol. The maximum Gasteiger partial charge on any atom is 0.416 e. The topological polar surface area (TPSA) is 66.5 Å². The highest BCUT2D eigenvalue weighted by atomic mass is 32.2. The van der Waals surface area contributed by atoms with Crippen LogP contribution in [0.15, 0.2) is 48.5 Å². The van der Waals surface area contributed by atoms with Crippen LogP contribution in [0.1, 0.15) is 24.0 Å². The number of sulfonamides is 1. The minimum Gasteiger partial charge on any atom is -0.326 e. The van der Waals surface area contributed by atoms with Gasteiger partial charge in [0, 0.05) is 18.7 Å². The van der Waals surface area contributed by atoms with Crippen molar-refractivity contribution in [3.63, 3.8) is 0 Å². The third-order valence-corrected chi connectivity index (χ3v) is 5.16. The summed E-state index contributed by atoms with van der Waals surface area (Å²) >= 11 is 0. The zero-order valence-corrected chi connectivity index (χ0v) is 16.3. The number of nitrogens with one attached hydrogen (secondary N) is 1. The van der Waals surface area contributed by atoms with Crippen LogP contribution in [0.5, 0.6) is 0 Å². The number of anilines is 2. The fourth-order valence-corrected chi connectivity index (χ4v) is 3.52. The van der Waals surface area contributed by atoms with Gasteiger partial charge in [0.15, 0.2) is 0 Å². The molecule has 0 aliphatic rings. The van der Waals surface area contributed by atoms with Crippen molar-refractivity contribution in [3.8, 4) is 0 Å². The van der Waals surface area contributed by atoms with Crippen LogP contribution >= 0.6 is 0 Å². The Labute approximate surface area is 162 Å². The molecule has 0 atom stereocenters. The Kier molecular flexibility index (Phi) is 6.71. The first-order chi connectivity index (χ1) is 13.0. The highest BCUT2D eigenvalue weighted by molar-refractivity contribution is 7.92. The van der Waals surface area contributed by atoms with Crippen molar-refractivity contribution in [2.45, 2.75) is 25.9 Å². The standard InChI is InChI=1S/C19H21F3N2O3S/c1-14-8-10-16(11-9-14)23-18(25)7-4-12-24(28(2,26)27)17-6-3-5-15(13-17)19(20,21)22/h3,5-6,8-11,13H,4,7,12H2,1-2H3,(H,23,25). The fourth-order valence-electron chi connectivity index (χ4n) is 2.57. The van der Waals surface area contributed by atoms with Crippen LogP contribution in [0.4, 0.5) is 24.5 Å². The average Bonchev–Trinajstić information content (AvgIpc) is 2.59. The Balaban J connectivity index is 2.04. The van der Waals surface area contributed by atoms with Gasteiger partial charge in [-0.25, -0.2) is 8.42 Å². The summed E-state index contributed by atoms with van der Waals surface area (Å²) < 4.78 is 63.6. The Bertz CT molecular complexity index is 926. The minimum atomic E-state index is -4.58. The van der Waals surface area contributed by atoms with Gasteiger partial charge in [-0.1, -0.05) is 23.8 Å². The number of benzene rings is 2. The van der Waals surface area contributed by atoms with Crippen LogP contribution in [0.2, 0.25) is 0 Å². The van der Waals surface area contributed by atoms with Gasteiger partial charge in [0.1, 0.15) is 0 Å². The van der Waals surface area contributed by atoms with Crippen molar-refractivity contribution >= 4 is 27.3 Å². The number of hydrogen-bond donors (Lipinski definition) is 1. The number of amides is 1. The van der Waals surface area contributed by atoms with Crippen molar-refractivity contribution in [2.75, 3.05) is 22.4 Å². The first kappa shape index (κ1) is 21.7. The summed E-state index contributed by atoms with van der Waals surface area (Å²) in [7, 11) is -3.81. The molecule has 1 N–H and O–H groups in total. The van der Waals surface area contributed by atoms with Crippen molar-refractivity contribution < 1.29 is 26.4 Å². The molecule has 28 heavy (non-hydrogen) atoms. The Morgan fingerprint density at radius 1 is 1.11 bits per heavy atom. The number of carbonyl (C=O) groups excluding carboxylic acids is 1. The predicted molar refractivity (Wildman–Crippen MR) is 103 cm³/mol. The fraction of sp³-hybridized carbons (Fsp3) is 0.316. The molecule has 0 saturated heterocycles. The van der Waals surface area contributed by atoms with Gasteiger partial charge in [-0.2, -0.15) is 13.2 Å². The number of hydrogen-bond acceptors (Lipinski definition) is 3. The van der Waals surface area contributed by atoms with Crippen LogP contribution in [-0.4, -0.2) is 27.1 Å². The molecule has 0 aliphatic heterocycles. The van der Waals surface area contributed by atoms with Crippen molar-refractivity contribution in [1.29, 1.82) is 0 Å². The lowest BCUT2D eigenvalue weighted by Crippen LogP contribution is -2.31. The van der Waals surface area contributed by atoms with E-state index in [1.54, 1.807) is 12.1 Å². The monoisotopic (exact) mass is 414 g/mol. The number of alkyl halides is 3. The number of halogens is 3. The molecule has 2 aromatic carbocycles. The summed E-state index contributed by atoms with van der Waals surface area (Å²) in [6, 6.07) is 11.3. The maximum atomic E-state index is 12.9. The van der Waals surface area contributed by atoms with Gasteiger partial charge in [0.25, 0.3) is 0 Å². The molecule has 0 spiro atoms. The average molecular weight is 414 g/mol. The molecule has 5 nitrogen and oxygen atoms in total. The normalized spacial score (nSPS) is 11.9. The zero-order chi connectivity index (χ0) is 20.9. The number of aryl methyl sites for hydroxylation is 1. The molecule has 0 aromatic heterocycles. The van der Waals surface area contributed by atoms with E-state index in [-0.39, 0.29) is 31.0 Å². The third kappa shape index (κ3) is 6.26. The van der Waals surface area contributed by atoms with Crippen molar-refractivity contribution in [3.05, 3.63) is 59.7 Å². The second-order valence-electron chi connectivity index (χ2n) is 6.40. The van der Waals surface area contributed by atoms with Gasteiger partial charge in [-0.15, -0.1) is 0 Å². The van der Waals surface area contributed by atoms with Gasteiger partial charge in [-0.3, -0.25) is 9.10 Å². The van der Waals surface area contributed by atoms with Crippen LogP contribution in [0.3, 0.4) is 0 Å². The van der Waals surface area contributed by atoms with Crippen molar-refractivity contribution in [1.82, 2.24) is 0 Å². The van der Waals surface area contributed by atoms with Crippen molar-refractivity contribution in [2.24, 2.45) is 0 Å². The highest BCUT2D eigenvalue weighted by Crippen LogP contribution is 2.32. The highest BCUT2D eigenvalue weighted by Gasteiger charge is 2.31. The quantitative estimate of drug-likeness (QED) is 0.739. The Morgan fingerprint density at radius 2 is 1.75 bits per heavy atom. The summed E-state index contributed by atoms with van der Waals surface area (Å²) in [5, 5.41) is 2.69. The predicted octanol–water partition coefficient (Wildman–Crippen LogP) is 4.20.